The monoisotopic (exact) mass is 828 g/mol. The number of nitrogens with one attached hydrogen (secondary N) is 5. The molecule has 4 amide bonds. The quantitative estimate of drug-likeness (QED) is 0.0904. The van der Waals surface area contributed by atoms with E-state index in [4.69, 9.17) is 19.4 Å². The SMILES string of the molecule is COC(=O)NC(C(=O)NC1CCCC1c1nc2ccc(-c3ccc(-c4ccc5c(c4)CCc4[nH]c(C6CCCN6C(=O)C(NC(=O)OC)C(C)C)nc4-5)cc3)cc2[nH]1)C(C)C. The number of alkyl carbamates (subject to hydrolysis) is 2. The predicted molar refractivity (Wildman–Crippen MR) is 232 cm³/mol. The maximum atomic E-state index is 13.7. The van der Waals surface area contributed by atoms with Crippen molar-refractivity contribution in [2.75, 3.05) is 20.8 Å². The van der Waals surface area contributed by atoms with Crippen molar-refractivity contribution in [3.8, 4) is 33.5 Å². The molecule has 8 rings (SSSR count). The van der Waals surface area contributed by atoms with Gasteiger partial charge in [0.25, 0.3) is 0 Å². The zero-order chi connectivity index (χ0) is 42.9. The van der Waals surface area contributed by atoms with Crippen LogP contribution in [0.4, 0.5) is 9.59 Å². The fraction of sp³-hybridized carbons (Fsp3) is 0.447. The summed E-state index contributed by atoms with van der Waals surface area (Å²) in [5.41, 5.74) is 10.7. The molecule has 3 aliphatic rings. The number of benzene rings is 3. The first-order chi connectivity index (χ1) is 29.4. The van der Waals surface area contributed by atoms with Gasteiger partial charge in [0.15, 0.2) is 0 Å². The Kier molecular flexibility index (Phi) is 11.9. The van der Waals surface area contributed by atoms with Crippen molar-refractivity contribution in [2.45, 2.75) is 103 Å². The number of aryl methyl sites for hydroxylation is 2. The number of amides is 4. The third-order valence-electron chi connectivity index (χ3n) is 12.7. The molecule has 5 aromatic rings. The normalized spacial score (nSPS) is 19.3. The number of ether oxygens (including phenoxy) is 2. The first kappa shape index (κ1) is 41.5. The van der Waals surface area contributed by atoms with E-state index in [9.17, 15) is 19.2 Å². The molecule has 5 unspecified atom stereocenters. The molecule has 5 atom stereocenters. The summed E-state index contributed by atoms with van der Waals surface area (Å²) in [6, 6.07) is 19.9. The van der Waals surface area contributed by atoms with Crippen LogP contribution in [0.15, 0.2) is 60.7 Å². The summed E-state index contributed by atoms with van der Waals surface area (Å²) in [7, 11) is 2.59. The summed E-state index contributed by atoms with van der Waals surface area (Å²) in [4.78, 5) is 70.0. The molecule has 2 aromatic heterocycles. The molecule has 0 spiro atoms. The van der Waals surface area contributed by atoms with Gasteiger partial charge >= 0.3 is 12.2 Å². The zero-order valence-corrected chi connectivity index (χ0v) is 35.8. The third kappa shape index (κ3) is 8.44. The third-order valence-corrected chi connectivity index (χ3v) is 12.7. The minimum Gasteiger partial charge on any atom is -0.453 e. The minimum atomic E-state index is -0.692. The van der Waals surface area contributed by atoms with Crippen molar-refractivity contribution >= 4 is 35.0 Å². The van der Waals surface area contributed by atoms with Crippen molar-refractivity contribution in [1.82, 2.24) is 40.8 Å². The molecule has 320 valence electrons. The molecular weight excluding hydrogens is 773 g/mol. The van der Waals surface area contributed by atoms with Crippen LogP contribution in [0, 0.1) is 11.8 Å². The Morgan fingerprint density at radius 1 is 0.721 bits per heavy atom. The number of imidazole rings is 2. The number of carbonyl (C=O) groups is 4. The molecule has 14 heteroatoms. The second-order valence-corrected chi connectivity index (χ2v) is 17.3. The van der Waals surface area contributed by atoms with E-state index in [0.717, 1.165) is 107 Å². The van der Waals surface area contributed by atoms with Gasteiger partial charge in [0.05, 0.1) is 37.0 Å². The molecule has 2 fully saturated rings. The molecule has 3 aromatic carbocycles. The van der Waals surface area contributed by atoms with Gasteiger partial charge in [0.2, 0.25) is 11.8 Å². The van der Waals surface area contributed by atoms with E-state index in [2.05, 4.69) is 80.5 Å². The number of hydrogen-bond donors (Lipinski definition) is 5. The van der Waals surface area contributed by atoms with E-state index >= 15 is 0 Å². The Hall–Kier alpha value is -6.18. The fourth-order valence-corrected chi connectivity index (χ4v) is 9.35. The van der Waals surface area contributed by atoms with Crippen LogP contribution in [0.5, 0.6) is 0 Å². The molecule has 5 N–H and O–H groups in total. The second-order valence-electron chi connectivity index (χ2n) is 17.3. The Morgan fingerprint density at radius 3 is 2.07 bits per heavy atom. The summed E-state index contributed by atoms with van der Waals surface area (Å²) >= 11 is 0. The van der Waals surface area contributed by atoms with Gasteiger partial charge in [-0.1, -0.05) is 82.6 Å². The van der Waals surface area contributed by atoms with Gasteiger partial charge in [0, 0.05) is 29.8 Å². The Bertz CT molecular complexity index is 2440. The highest BCUT2D eigenvalue weighted by Crippen LogP contribution is 2.39. The molecular formula is C47H56N8O6. The molecule has 1 saturated heterocycles. The van der Waals surface area contributed by atoms with Gasteiger partial charge in [-0.2, -0.15) is 0 Å². The van der Waals surface area contributed by atoms with Crippen molar-refractivity contribution in [3.05, 3.63) is 83.6 Å². The maximum absolute atomic E-state index is 13.7. The smallest absolute Gasteiger partial charge is 0.407 e. The largest absolute Gasteiger partial charge is 0.453 e. The van der Waals surface area contributed by atoms with E-state index in [-0.39, 0.29) is 41.7 Å². The molecule has 1 aliphatic heterocycles. The van der Waals surface area contributed by atoms with E-state index in [0.29, 0.717) is 6.54 Å². The standard InChI is InChI=1S/C47H56N8O6/c1-25(2)39(53-46(58)60-5)44(56)51-34-10-7-9-33(34)42-48-35-20-17-30(24-37(35)50-42)28-14-12-27(13-15-28)29-16-19-32-31(23-29)18-21-36-41(32)52-43(49-36)38-11-8-22-55(38)45(57)40(26(3)4)54-47(59)61-6/h12-17,19-20,23-26,33-34,38-40H,7-11,18,21-22H2,1-6H3,(H,48,50)(H,49,52)(H,51,56)(H,53,58)(H,54,59). The summed E-state index contributed by atoms with van der Waals surface area (Å²) < 4.78 is 9.54. The lowest BCUT2D eigenvalue weighted by atomic mass is 9.89. The van der Waals surface area contributed by atoms with Crippen molar-refractivity contribution in [2.24, 2.45) is 11.8 Å². The van der Waals surface area contributed by atoms with Crippen molar-refractivity contribution in [1.29, 1.82) is 0 Å². The average Bonchev–Trinajstić information content (AvgIpc) is 4.09. The topological polar surface area (TPSA) is 183 Å². The van der Waals surface area contributed by atoms with E-state index in [1.54, 1.807) is 0 Å². The van der Waals surface area contributed by atoms with Crippen LogP contribution in [0.3, 0.4) is 0 Å². The summed E-state index contributed by atoms with van der Waals surface area (Å²) in [5, 5.41) is 8.59. The number of likely N-dealkylation sites (tertiary alicyclic amines) is 1. The van der Waals surface area contributed by atoms with Crippen LogP contribution >= 0.6 is 0 Å². The number of nitrogens with zero attached hydrogens (tertiary/aromatic N) is 3. The lowest BCUT2D eigenvalue weighted by Crippen LogP contribution is -2.52. The van der Waals surface area contributed by atoms with Crippen LogP contribution in [-0.2, 0) is 31.9 Å². The highest BCUT2D eigenvalue weighted by atomic mass is 16.5. The minimum absolute atomic E-state index is 0.0393. The van der Waals surface area contributed by atoms with Gasteiger partial charge in [-0.15, -0.1) is 0 Å². The van der Waals surface area contributed by atoms with Gasteiger partial charge in [-0.3, -0.25) is 9.59 Å². The predicted octanol–water partition coefficient (Wildman–Crippen LogP) is 7.56. The van der Waals surface area contributed by atoms with Crippen LogP contribution in [0.1, 0.15) is 94.7 Å². The molecule has 0 bridgehead atoms. The number of rotatable bonds is 11. The number of aromatic nitrogens is 4. The molecule has 2 aliphatic carbocycles. The zero-order valence-electron chi connectivity index (χ0n) is 35.8. The molecule has 3 heterocycles. The van der Waals surface area contributed by atoms with E-state index < -0.39 is 24.3 Å². The maximum Gasteiger partial charge on any atom is 0.407 e. The Labute approximate surface area is 356 Å². The highest BCUT2D eigenvalue weighted by molar-refractivity contribution is 5.87. The van der Waals surface area contributed by atoms with E-state index in [1.165, 1.54) is 19.8 Å². The number of carbonyl (C=O) groups excluding carboxylic acids is 4. The van der Waals surface area contributed by atoms with Gasteiger partial charge in [-0.05, 0) is 90.3 Å². The first-order valence-electron chi connectivity index (χ1n) is 21.5. The lowest BCUT2D eigenvalue weighted by Gasteiger charge is -2.30. The lowest BCUT2D eigenvalue weighted by molar-refractivity contribution is -0.135. The fourth-order valence-electron chi connectivity index (χ4n) is 9.35. The summed E-state index contributed by atoms with van der Waals surface area (Å²) in [6.45, 7) is 8.24. The van der Waals surface area contributed by atoms with Crippen LogP contribution in [-0.4, -0.2) is 87.7 Å². The van der Waals surface area contributed by atoms with Gasteiger partial charge < -0.3 is 40.3 Å². The Balaban J connectivity index is 0.953. The van der Waals surface area contributed by atoms with Crippen LogP contribution in [0.2, 0.25) is 0 Å². The van der Waals surface area contributed by atoms with Gasteiger partial charge in [-0.25, -0.2) is 19.6 Å². The summed E-state index contributed by atoms with van der Waals surface area (Å²) in [5.74, 6) is 1.16. The van der Waals surface area contributed by atoms with Crippen molar-refractivity contribution in [3.63, 3.8) is 0 Å². The average molecular weight is 829 g/mol. The number of methoxy groups -OCH3 is 2. The first-order valence-corrected chi connectivity index (χ1v) is 21.5. The van der Waals surface area contributed by atoms with Gasteiger partial charge in [0.1, 0.15) is 23.7 Å². The number of fused-ring (bicyclic) bond motifs is 4. The Morgan fingerprint density at radius 2 is 1.38 bits per heavy atom. The molecule has 14 nitrogen and oxygen atoms in total. The highest BCUT2D eigenvalue weighted by Gasteiger charge is 2.39. The molecule has 61 heavy (non-hydrogen) atoms. The van der Waals surface area contributed by atoms with Crippen LogP contribution < -0.4 is 16.0 Å². The van der Waals surface area contributed by atoms with Crippen molar-refractivity contribution < 1.29 is 28.7 Å². The number of hydrogen-bond acceptors (Lipinski definition) is 8. The number of aromatic amines is 2. The molecule has 1 saturated carbocycles. The van der Waals surface area contributed by atoms with Crippen LogP contribution in [0.25, 0.3) is 44.5 Å². The second kappa shape index (κ2) is 17.4. The summed E-state index contributed by atoms with van der Waals surface area (Å²) in [6.07, 6.45) is 4.86. The number of H-pyrrole nitrogens is 2. The molecule has 0 radical (unpaired) electrons. The van der Waals surface area contributed by atoms with E-state index in [1.807, 2.05) is 38.7 Å².